The third kappa shape index (κ3) is 4.46. The van der Waals surface area contributed by atoms with Gasteiger partial charge in [0.15, 0.2) is 11.5 Å². The zero-order chi connectivity index (χ0) is 14.4. The number of carbonyl (C=O) groups is 1. The zero-order valence-corrected chi connectivity index (χ0v) is 11.4. The number of methoxy groups -OCH3 is 1. The predicted octanol–water partition coefficient (Wildman–Crippen LogP) is 2.13. The fourth-order valence-corrected chi connectivity index (χ4v) is 1.94. The molecule has 1 rings (SSSR count). The molecule has 0 radical (unpaired) electrons. The third-order valence-electron chi connectivity index (χ3n) is 2.48. The van der Waals surface area contributed by atoms with Crippen LogP contribution in [0.2, 0.25) is 5.02 Å². The van der Waals surface area contributed by atoms with Gasteiger partial charge in [0.25, 0.3) is 0 Å². The summed E-state index contributed by atoms with van der Waals surface area (Å²) in [6, 6.07) is 3.08. The average Bonchev–Trinajstić information content (AvgIpc) is 2.32. The molecule has 0 amide bonds. The molecule has 0 aliphatic heterocycles. The van der Waals surface area contributed by atoms with Crippen molar-refractivity contribution in [3.05, 3.63) is 35.4 Å². The van der Waals surface area contributed by atoms with Gasteiger partial charge in [-0.25, -0.2) is 0 Å². The molecule has 1 aromatic rings. The molecule has 19 heavy (non-hydrogen) atoms. The topological polar surface area (TPSA) is 70.0 Å². The van der Waals surface area contributed by atoms with Gasteiger partial charge in [0, 0.05) is 29.7 Å². The van der Waals surface area contributed by atoms with Gasteiger partial charge in [0.05, 0.1) is 13.7 Å². The quantitative estimate of drug-likeness (QED) is 0.751. The second-order valence-corrected chi connectivity index (χ2v) is 4.40. The minimum Gasteiger partial charge on any atom is -0.504 e. The molecule has 0 spiro atoms. The lowest BCUT2D eigenvalue weighted by Crippen LogP contribution is -2.29. The number of benzene rings is 1. The molecule has 1 aromatic carbocycles. The van der Waals surface area contributed by atoms with Crippen molar-refractivity contribution in [2.45, 2.75) is 6.54 Å². The zero-order valence-electron chi connectivity index (χ0n) is 10.6. The number of aromatic hydroxyl groups is 1. The maximum absolute atomic E-state index is 10.8. The molecule has 0 aromatic heterocycles. The Labute approximate surface area is 116 Å². The number of nitrogens with zero attached hydrogens (tertiary/aromatic N) is 1. The van der Waals surface area contributed by atoms with E-state index in [2.05, 4.69) is 6.58 Å². The minimum absolute atomic E-state index is 0.0358. The van der Waals surface area contributed by atoms with Crippen molar-refractivity contribution in [1.82, 2.24) is 4.90 Å². The highest BCUT2D eigenvalue weighted by atomic mass is 35.5. The Hall–Kier alpha value is -1.72. The van der Waals surface area contributed by atoms with Crippen LogP contribution in [0.5, 0.6) is 11.5 Å². The Balaban J connectivity index is 2.97. The molecule has 0 aliphatic rings. The number of aliphatic carboxylic acids is 1. The van der Waals surface area contributed by atoms with Gasteiger partial charge in [-0.1, -0.05) is 17.7 Å². The Kier molecular flexibility index (Phi) is 5.66. The molecule has 2 N–H and O–H groups in total. The van der Waals surface area contributed by atoms with Gasteiger partial charge in [0.2, 0.25) is 0 Å². The maximum Gasteiger partial charge on any atom is 0.317 e. The van der Waals surface area contributed by atoms with Crippen LogP contribution in [-0.4, -0.2) is 41.3 Å². The summed E-state index contributed by atoms with van der Waals surface area (Å²) < 4.78 is 5.00. The second-order valence-electron chi connectivity index (χ2n) is 3.97. The SMILES string of the molecule is C=CCN(CC(=O)O)Cc1cc(Cl)cc(OC)c1O. The summed E-state index contributed by atoms with van der Waals surface area (Å²) in [6.45, 7) is 4.05. The van der Waals surface area contributed by atoms with Crippen LogP contribution in [0.4, 0.5) is 0 Å². The summed E-state index contributed by atoms with van der Waals surface area (Å²) in [5.74, 6) is -0.724. The van der Waals surface area contributed by atoms with Crippen LogP contribution >= 0.6 is 11.6 Å². The molecule has 0 fully saturated rings. The first kappa shape index (κ1) is 15.3. The lowest BCUT2D eigenvalue weighted by atomic mass is 10.1. The molecular weight excluding hydrogens is 270 g/mol. The largest absolute Gasteiger partial charge is 0.504 e. The lowest BCUT2D eigenvalue weighted by molar-refractivity contribution is -0.138. The summed E-state index contributed by atoms with van der Waals surface area (Å²) in [6.07, 6.45) is 1.60. The van der Waals surface area contributed by atoms with E-state index in [0.717, 1.165) is 0 Å². The van der Waals surface area contributed by atoms with Crippen molar-refractivity contribution < 1.29 is 19.7 Å². The highest BCUT2D eigenvalue weighted by molar-refractivity contribution is 6.30. The number of carboxylic acid groups (broad SMARTS) is 1. The van der Waals surface area contributed by atoms with E-state index in [1.807, 2.05) is 0 Å². The summed E-state index contributed by atoms with van der Waals surface area (Å²) in [7, 11) is 1.42. The summed E-state index contributed by atoms with van der Waals surface area (Å²) >= 11 is 5.92. The van der Waals surface area contributed by atoms with Gasteiger partial charge in [-0.15, -0.1) is 6.58 Å². The number of ether oxygens (including phenoxy) is 1. The first-order valence-electron chi connectivity index (χ1n) is 5.58. The Morgan fingerprint density at radius 3 is 2.79 bits per heavy atom. The van der Waals surface area contributed by atoms with E-state index < -0.39 is 5.97 Å². The highest BCUT2D eigenvalue weighted by Crippen LogP contribution is 2.34. The van der Waals surface area contributed by atoms with Crippen molar-refractivity contribution in [1.29, 1.82) is 0 Å². The van der Waals surface area contributed by atoms with Crippen LogP contribution in [0.15, 0.2) is 24.8 Å². The smallest absolute Gasteiger partial charge is 0.317 e. The van der Waals surface area contributed by atoms with E-state index in [4.69, 9.17) is 21.4 Å². The van der Waals surface area contributed by atoms with Gasteiger partial charge < -0.3 is 14.9 Å². The number of hydrogen-bond donors (Lipinski definition) is 2. The van der Waals surface area contributed by atoms with Crippen LogP contribution in [0.25, 0.3) is 0 Å². The normalized spacial score (nSPS) is 10.5. The van der Waals surface area contributed by atoms with E-state index in [1.165, 1.54) is 13.2 Å². The number of phenols is 1. The molecule has 0 atom stereocenters. The number of phenolic OH excluding ortho intramolecular Hbond substituents is 1. The average molecular weight is 286 g/mol. The number of hydrogen-bond acceptors (Lipinski definition) is 4. The van der Waals surface area contributed by atoms with E-state index in [-0.39, 0.29) is 24.6 Å². The van der Waals surface area contributed by atoms with Crippen molar-refractivity contribution in [3.8, 4) is 11.5 Å². The third-order valence-corrected chi connectivity index (χ3v) is 2.70. The lowest BCUT2D eigenvalue weighted by Gasteiger charge is -2.19. The number of carboxylic acids is 1. The number of halogens is 1. The molecule has 0 heterocycles. The molecule has 5 nitrogen and oxygen atoms in total. The van der Waals surface area contributed by atoms with Crippen molar-refractivity contribution >= 4 is 17.6 Å². The van der Waals surface area contributed by atoms with Crippen LogP contribution in [0.3, 0.4) is 0 Å². The van der Waals surface area contributed by atoms with E-state index in [1.54, 1.807) is 17.0 Å². The summed E-state index contributed by atoms with van der Waals surface area (Å²) in [5.41, 5.74) is 0.507. The van der Waals surface area contributed by atoms with Crippen LogP contribution in [0.1, 0.15) is 5.56 Å². The van der Waals surface area contributed by atoms with E-state index >= 15 is 0 Å². The van der Waals surface area contributed by atoms with Crippen LogP contribution in [-0.2, 0) is 11.3 Å². The van der Waals surface area contributed by atoms with E-state index in [9.17, 15) is 9.90 Å². The van der Waals surface area contributed by atoms with Gasteiger partial charge in [0.1, 0.15) is 0 Å². The van der Waals surface area contributed by atoms with Crippen molar-refractivity contribution in [3.63, 3.8) is 0 Å². The number of rotatable bonds is 7. The molecule has 104 valence electrons. The fourth-order valence-electron chi connectivity index (χ4n) is 1.70. The monoisotopic (exact) mass is 285 g/mol. The van der Waals surface area contributed by atoms with E-state index in [0.29, 0.717) is 17.1 Å². The van der Waals surface area contributed by atoms with Gasteiger partial charge in [-0.2, -0.15) is 0 Å². The molecule has 0 saturated carbocycles. The van der Waals surface area contributed by atoms with Gasteiger partial charge in [-0.05, 0) is 6.07 Å². The Morgan fingerprint density at radius 2 is 2.26 bits per heavy atom. The van der Waals surface area contributed by atoms with Gasteiger partial charge in [-0.3, -0.25) is 9.69 Å². The highest BCUT2D eigenvalue weighted by Gasteiger charge is 2.15. The van der Waals surface area contributed by atoms with Crippen molar-refractivity contribution in [2.24, 2.45) is 0 Å². The molecule has 0 aliphatic carbocycles. The predicted molar refractivity (Wildman–Crippen MR) is 72.8 cm³/mol. The molecule has 0 bridgehead atoms. The fraction of sp³-hybridized carbons (Fsp3) is 0.308. The maximum atomic E-state index is 10.8. The van der Waals surface area contributed by atoms with Crippen LogP contribution in [0, 0.1) is 0 Å². The summed E-state index contributed by atoms with van der Waals surface area (Å²) in [4.78, 5) is 12.4. The molecule has 0 saturated heterocycles. The minimum atomic E-state index is -0.949. The summed E-state index contributed by atoms with van der Waals surface area (Å²) in [5, 5.41) is 19.2. The standard InChI is InChI=1S/C13H16ClNO4/c1-3-4-15(8-12(16)17)7-9-5-10(14)6-11(19-2)13(9)18/h3,5-6,18H,1,4,7-8H2,2H3,(H,16,17). The molecular formula is C13H16ClNO4. The Morgan fingerprint density at radius 1 is 1.58 bits per heavy atom. The van der Waals surface area contributed by atoms with Gasteiger partial charge >= 0.3 is 5.97 Å². The second kappa shape index (κ2) is 7.01. The Bertz CT molecular complexity index is 476. The van der Waals surface area contributed by atoms with Crippen LogP contribution < -0.4 is 4.74 Å². The molecule has 0 unspecified atom stereocenters. The first-order chi connectivity index (χ1) is 8.97. The molecule has 6 heteroatoms. The first-order valence-corrected chi connectivity index (χ1v) is 5.96. The van der Waals surface area contributed by atoms with Crippen molar-refractivity contribution in [2.75, 3.05) is 20.2 Å².